The largest absolute Gasteiger partial charge is 0.444 e. The van der Waals surface area contributed by atoms with E-state index in [1.165, 1.54) is 4.90 Å². The molecule has 0 fully saturated rings. The summed E-state index contributed by atoms with van der Waals surface area (Å²) >= 11 is 0. The lowest BCUT2D eigenvalue weighted by atomic mass is 10.0. The van der Waals surface area contributed by atoms with Crippen molar-refractivity contribution in [1.82, 2.24) is 15.5 Å². The van der Waals surface area contributed by atoms with Crippen LogP contribution < -0.4 is 10.6 Å². The van der Waals surface area contributed by atoms with E-state index in [9.17, 15) is 19.5 Å². The molecule has 3 N–H and O–H groups in total. The van der Waals surface area contributed by atoms with Gasteiger partial charge in [0, 0.05) is 12.1 Å². The van der Waals surface area contributed by atoms with Gasteiger partial charge in [0.05, 0.1) is 6.61 Å². The van der Waals surface area contributed by atoms with E-state index in [-0.39, 0.29) is 12.5 Å². The molecule has 174 valence electrons. The lowest BCUT2D eigenvalue weighted by molar-refractivity contribution is -0.143. The van der Waals surface area contributed by atoms with Gasteiger partial charge >= 0.3 is 6.09 Å². The van der Waals surface area contributed by atoms with E-state index < -0.39 is 41.8 Å². The molecule has 0 bridgehead atoms. The highest BCUT2D eigenvalue weighted by molar-refractivity contribution is 5.92. The van der Waals surface area contributed by atoms with Gasteiger partial charge in [0.1, 0.15) is 17.7 Å². The Morgan fingerprint density at radius 2 is 1.65 bits per heavy atom. The summed E-state index contributed by atoms with van der Waals surface area (Å²) in [5.74, 6) is -0.900. The minimum atomic E-state index is -1.24. The quantitative estimate of drug-likeness (QED) is 0.582. The number of alkyl carbamates (subject to hydrolysis) is 1. The molecule has 2 unspecified atom stereocenters. The van der Waals surface area contributed by atoms with Crippen LogP contribution in [0.25, 0.3) is 0 Å². The first kappa shape index (κ1) is 26.4. The van der Waals surface area contributed by atoms with Crippen molar-refractivity contribution in [2.45, 2.75) is 78.1 Å². The van der Waals surface area contributed by atoms with Gasteiger partial charge < -0.3 is 25.4 Å². The van der Waals surface area contributed by atoms with Gasteiger partial charge in [0.2, 0.25) is 11.8 Å². The van der Waals surface area contributed by atoms with Gasteiger partial charge in [-0.05, 0) is 53.5 Å². The number of carbonyl (C=O) groups excluding carboxylic acids is 3. The van der Waals surface area contributed by atoms with Gasteiger partial charge in [-0.15, -0.1) is 0 Å². The van der Waals surface area contributed by atoms with E-state index >= 15 is 0 Å². The first-order chi connectivity index (χ1) is 14.3. The van der Waals surface area contributed by atoms with E-state index in [0.717, 1.165) is 0 Å². The van der Waals surface area contributed by atoms with Crippen LogP contribution in [-0.2, 0) is 14.3 Å². The molecule has 8 heteroatoms. The Kier molecular flexibility index (Phi) is 9.49. The summed E-state index contributed by atoms with van der Waals surface area (Å²) in [5.41, 5.74) is -0.619. The Hall–Kier alpha value is -2.61. The number of amides is 3. The molecular formula is C23H37N3O5. The Morgan fingerprint density at radius 3 is 2.10 bits per heavy atom. The van der Waals surface area contributed by atoms with Crippen LogP contribution in [-0.4, -0.2) is 58.2 Å². The molecule has 0 aromatic heterocycles. The monoisotopic (exact) mass is 435 g/mol. The van der Waals surface area contributed by atoms with Crippen molar-refractivity contribution in [3.63, 3.8) is 0 Å². The van der Waals surface area contributed by atoms with E-state index in [2.05, 4.69) is 10.6 Å². The predicted molar refractivity (Wildman–Crippen MR) is 119 cm³/mol. The third-order valence-corrected chi connectivity index (χ3v) is 4.09. The fourth-order valence-corrected chi connectivity index (χ4v) is 2.99. The molecule has 0 aliphatic carbocycles. The second kappa shape index (κ2) is 11.1. The van der Waals surface area contributed by atoms with Crippen molar-refractivity contribution in [2.24, 2.45) is 0 Å². The standard InChI is InChI=1S/C23H37N3O5/c1-8-14-26(20(29)17(15-27)24-21(30)31-23(5,6)7)18(16-12-10-9-11-13-16)19(28)25-22(2,3)4/h9-13,17-18,27H,8,14-15H2,1-7H3,(H,24,30)(H,25,28). The summed E-state index contributed by atoms with van der Waals surface area (Å²) in [4.78, 5) is 40.2. The molecule has 0 saturated carbocycles. The van der Waals surface area contributed by atoms with Crippen molar-refractivity contribution in [3.8, 4) is 0 Å². The third-order valence-electron chi connectivity index (χ3n) is 4.09. The van der Waals surface area contributed by atoms with Crippen molar-refractivity contribution < 1.29 is 24.2 Å². The number of carbonyl (C=O) groups is 3. The van der Waals surface area contributed by atoms with Crippen LogP contribution >= 0.6 is 0 Å². The van der Waals surface area contributed by atoms with E-state index in [1.54, 1.807) is 45.0 Å². The van der Waals surface area contributed by atoms with Crippen molar-refractivity contribution >= 4 is 17.9 Å². The summed E-state index contributed by atoms with van der Waals surface area (Å²) in [7, 11) is 0. The molecule has 0 aliphatic rings. The van der Waals surface area contributed by atoms with Gasteiger partial charge in [-0.25, -0.2) is 4.79 Å². The van der Waals surface area contributed by atoms with Gasteiger partial charge in [0.25, 0.3) is 0 Å². The van der Waals surface area contributed by atoms with Gasteiger partial charge in [0.15, 0.2) is 0 Å². The first-order valence-electron chi connectivity index (χ1n) is 10.6. The molecule has 1 rings (SSSR count). The Balaban J connectivity index is 3.27. The number of nitrogens with one attached hydrogen (secondary N) is 2. The zero-order chi connectivity index (χ0) is 23.8. The first-order valence-corrected chi connectivity index (χ1v) is 10.6. The number of rotatable bonds is 8. The number of nitrogens with zero attached hydrogens (tertiary/aromatic N) is 1. The van der Waals surface area contributed by atoms with Crippen LogP contribution in [0.5, 0.6) is 0 Å². The number of hydrogen-bond acceptors (Lipinski definition) is 5. The number of hydrogen-bond donors (Lipinski definition) is 3. The molecule has 8 nitrogen and oxygen atoms in total. The molecular weight excluding hydrogens is 398 g/mol. The molecule has 0 aliphatic heterocycles. The normalized spacial score (nSPS) is 13.7. The average Bonchev–Trinajstić information content (AvgIpc) is 2.63. The summed E-state index contributed by atoms with van der Waals surface area (Å²) in [6, 6.07) is 6.82. The highest BCUT2D eigenvalue weighted by Gasteiger charge is 2.36. The molecule has 0 heterocycles. The molecule has 0 spiro atoms. The Morgan fingerprint density at radius 1 is 1.06 bits per heavy atom. The van der Waals surface area contributed by atoms with Gasteiger partial charge in [-0.1, -0.05) is 37.3 Å². The molecule has 3 amide bonds. The highest BCUT2D eigenvalue weighted by atomic mass is 16.6. The summed E-state index contributed by atoms with van der Waals surface area (Å²) in [6.07, 6.45) is -0.227. The average molecular weight is 436 g/mol. The predicted octanol–water partition coefficient (Wildman–Crippen LogP) is 2.77. The fourth-order valence-electron chi connectivity index (χ4n) is 2.99. The second-order valence-corrected chi connectivity index (χ2v) is 9.47. The summed E-state index contributed by atoms with van der Waals surface area (Å²) < 4.78 is 5.21. The number of aliphatic hydroxyl groups is 1. The van der Waals surface area contributed by atoms with Crippen LogP contribution in [0.15, 0.2) is 30.3 Å². The lowest BCUT2D eigenvalue weighted by Gasteiger charge is -2.35. The van der Waals surface area contributed by atoms with Crippen LogP contribution in [0.3, 0.4) is 0 Å². The van der Waals surface area contributed by atoms with Crippen LogP contribution in [0, 0.1) is 0 Å². The summed E-state index contributed by atoms with van der Waals surface area (Å²) in [6.45, 7) is 12.2. The zero-order valence-electron chi connectivity index (χ0n) is 19.7. The number of aliphatic hydroxyl groups excluding tert-OH is 1. The van der Waals surface area contributed by atoms with Gasteiger partial charge in [-0.3, -0.25) is 9.59 Å². The SMILES string of the molecule is CCCN(C(=O)C(CO)NC(=O)OC(C)(C)C)C(C(=O)NC(C)(C)C)c1ccccc1. The number of benzene rings is 1. The van der Waals surface area contributed by atoms with Crippen molar-refractivity contribution in [2.75, 3.05) is 13.2 Å². The maximum absolute atomic E-state index is 13.4. The summed E-state index contributed by atoms with van der Waals surface area (Å²) in [5, 5.41) is 15.2. The third kappa shape index (κ3) is 8.96. The smallest absolute Gasteiger partial charge is 0.408 e. The zero-order valence-corrected chi connectivity index (χ0v) is 19.7. The molecule has 0 saturated heterocycles. The van der Waals surface area contributed by atoms with E-state index in [0.29, 0.717) is 12.0 Å². The minimum Gasteiger partial charge on any atom is -0.444 e. The van der Waals surface area contributed by atoms with Crippen LogP contribution in [0.2, 0.25) is 0 Å². The topological polar surface area (TPSA) is 108 Å². The van der Waals surface area contributed by atoms with Crippen LogP contribution in [0.4, 0.5) is 4.79 Å². The molecule has 1 aromatic carbocycles. The van der Waals surface area contributed by atoms with E-state index in [1.807, 2.05) is 33.8 Å². The fraction of sp³-hybridized carbons (Fsp3) is 0.609. The minimum absolute atomic E-state index is 0.266. The van der Waals surface area contributed by atoms with Crippen LogP contribution in [0.1, 0.15) is 66.5 Å². The molecule has 0 radical (unpaired) electrons. The van der Waals surface area contributed by atoms with E-state index in [4.69, 9.17) is 4.74 Å². The highest BCUT2D eigenvalue weighted by Crippen LogP contribution is 2.24. The Bertz CT molecular complexity index is 738. The second-order valence-electron chi connectivity index (χ2n) is 9.47. The van der Waals surface area contributed by atoms with Crippen molar-refractivity contribution in [1.29, 1.82) is 0 Å². The Labute approximate surface area is 185 Å². The maximum Gasteiger partial charge on any atom is 0.408 e. The molecule has 31 heavy (non-hydrogen) atoms. The molecule has 1 aromatic rings. The number of ether oxygens (including phenoxy) is 1. The molecule has 2 atom stereocenters. The van der Waals surface area contributed by atoms with Gasteiger partial charge in [-0.2, -0.15) is 0 Å². The lowest BCUT2D eigenvalue weighted by Crippen LogP contribution is -2.55. The maximum atomic E-state index is 13.4. The van der Waals surface area contributed by atoms with Crippen molar-refractivity contribution in [3.05, 3.63) is 35.9 Å².